The van der Waals surface area contributed by atoms with Crippen molar-refractivity contribution < 1.29 is 0 Å². The Morgan fingerprint density at radius 3 is 2.45 bits per heavy atom. The number of rotatable bonds is 4. The van der Waals surface area contributed by atoms with Crippen LogP contribution in [0.2, 0.25) is 0 Å². The van der Waals surface area contributed by atoms with Crippen LogP contribution in [0.15, 0.2) is 22.3 Å². The van der Waals surface area contributed by atoms with Gasteiger partial charge in [0.2, 0.25) is 0 Å². The molecule has 20 heavy (non-hydrogen) atoms. The quantitative estimate of drug-likeness (QED) is 0.934. The third-order valence-electron chi connectivity index (χ3n) is 3.25. The summed E-state index contributed by atoms with van der Waals surface area (Å²) in [5.41, 5.74) is 2.52. The van der Waals surface area contributed by atoms with E-state index in [1.807, 2.05) is 43.0 Å². The van der Waals surface area contributed by atoms with Crippen LogP contribution in [-0.2, 0) is 0 Å². The summed E-state index contributed by atoms with van der Waals surface area (Å²) >= 11 is 1.51. The second kappa shape index (κ2) is 5.79. The summed E-state index contributed by atoms with van der Waals surface area (Å²) in [4.78, 5) is 17.2. The zero-order valence-corrected chi connectivity index (χ0v) is 13.4. The molecule has 2 heterocycles. The average Bonchev–Trinajstić information content (AvgIpc) is 2.86. The molecule has 0 spiro atoms. The van der Waals surface area contributed by atoms with E-state index in [-0.39, 0.29) is 11.6 Å². The first-order chi connectivity index (χ1) is 9.45. The summed E-state index contributed by atoms with van der Waals surface area (Å²) in [7, 11) is 1.83. The van der Waals surface area contributed by atoms with Gasteiger partial charge in [-0.3, -0.25) is 4.79 Å². The van der Waals surface area contributed by atoms with Crippen molar-refractivity contribution in [3.05, 3.63) is 33.6 Å². The van der Waals surface area contributed by atoms with E-state index in [4.69, 9.17) is 0 Å². The molecule has 0 aromatic carbocycles. The highest BCUT2D eigenvalue weighted by Gasteiger charge is 2.16. The van der Waals surface area contributed by atoms with E-state index in [1.165, 1.54) is 11.3 Å². The molecule has 0 fully saturated rings. The van der Waals surface area contributed by atoms with E-state index in [0.717, 1.165) is 16.5 Å². The fraction of sp³-hybridized carbons (Fsp3) is 0.467. The van der Waals surface area contributed by atoms with Crippen LogP contribution in [0.1, 0.15) is 45.3 Å². The molecule has 4 nitrogen and oxygen atoms in total. The topological polar surface area (TPSA) is 46.9 Å². The van der Waals surface area contributed by atoms with Crippen molar-refractivity contribution in [1.82, 2.24) is 9.55 Å². The molecule has 0 bridgehead atoms. The minimum absolute atomic E-state index is 0.0409. The van der Waals surface area contributed by atoms with Crippen LogP contribution in [-0.4, -0.2) is 16.6 Å². The van der Waals surface area contributed by atoms with Crippen LogP contribution < -0.4 is 10.9 Å². The average molecular weight is 291 g/mol. The number of aromatic nitrogens is 2. The maximum atomic E-state index is 12.7. The summed E-state index contributed by atoms with van der Waals surface area (Å²) in [6.45, 7) is 8.29. The predicted octanol–water partition coefficient (Wildman–Crippen LogP) is 3.72. The highest BCUT2D eigenvalue weighted by molar-refractivity contribution is 7.14. The molecule has 0 radical (unpaired) electrons. The highest BCUT2D eigenvalue weighted by atomic mass is 32.1. The molecule has 108 valence electrons. The molecule has 0 unspecified atom stereocenters. The maximum Gasteiger partial charge on any atom is 0.260 e. The monoisotopic (exact) mass is 291 g/mol. The van der Waals surface area contributed by atoms with E-state index in [2.05, 4.69) is 24.1 Å². The minimum Gasteiger partial charge on any atom is -0.365 e. The van der Waals surface area contributed by atoms with Gasteiger partial charge in [-0.15, -0.1) is 11.3 Å². The normalized spacial score (nSPS) is 11.3. The summed E-state index contributed by atoms with van der Waals surface area (Å²) in [5, 5.41) is 5.74. The third kappa shape index (κ3) is 2.63. The van der Waals surface area contributed by atoms with E-state index in [0.29, 0.717) is 11.5 Å². The van der Waals surface area contributed by atoms with Crippen molar-refractivity contribution in [3.63, 3.8) is 0 Å². The number of hydrogen-bond donors (Lipinski definition) is 1. The number of thiazole rings is 1. The van der Waals surface area contributed by atoms with Crippen molar-refractivity contribution in [3.8, 4) is 11.3 Å². The lowest BCUT2D eigenvalue weighted by Gasteiger charge is -2.19. The van der Waals surface area contributed by atoms with E-state index < -0.39 is 0 Å². The first-order valence-electron chi connectivity index (χ1n) is 6.84. The van der Waals surface area contributed by atoms with Gasteiger partial charge in [-0.25, -0.2) is 4.98 Å². The fourth-order valence-electron chi connectivity index (χ4n) is 2.28. The van der Waals surface area contributed by atoms with Gasteiger partial charge < -0.3 is 9.88 Å². The number of nitrogens with zero attached hydrogens (tertiary/aromatic N) is 2. The molecule has 2 aromatic rings. The highest BCUT2D eigenvalue weighted by Crippen LogP contribution is 2.24. The van der Waals surface area contributed by atoms with Crippen LogP contribution in [0.5, 0.6) is 0 Å². The third-order valence-corrected chi connectivity index (χ3v) is 4.11. The van der Waals surface area contributed by atoms with E-state index in [1.54, 1.807) is 0 Å². The summed E-state index contributed by atoms with van der Waals surface area (Å²) < 4.78 is 1.87. The van der Waals surface area contributed by atoms with Crippen LogP contribution >= 0.6 is 11.3 Å². The Morgan fingerprint density at radius 2 is 1.95 bits per heavy atom. The van der Waals surface area contributed by atoms with Gasteiger partial charge in [0.25, 0.3) is 5.56 Å². The zero-order valence-electron chi connectivity index (χ0n) is 12.6. The van der Waals surface area contributed by atoms with Crippen molar-refractivity contribution in [2.75, 3.05) is 12.4 Å². The van der Waals surface area contributed by atoms with Gasteiger partial charge in [0.1, 0.15) is 0 Å². The van der Waals surface area contributed by atoms with Gasteiger partial charge in [0, 0.05) is 24.2 Å². The smallest absolute Gasteiger partial charge is 0.260 e. The maximum absolute atomic E-state index is 12.7. The lowest BCUT2D eigenvalue weighted by molar-refractivity contribution is 0.536. The van der Waals surface area contributed by atoms with Crippen LogP contribution in [0, 0.1) is 0 Å². The second-order valence-electron chi connectivity index (χ2n) is 5.38. The van der Waals surface area contributed by atoms with Gasteiger partial charge in [-0.05, 0) is 31.9 Å². The number of pyridine rings is 1. The molecule has 2 rings (SSSR count). The first-order valence-corrected chi connectivity index (χ1v) is 7.72. The first kappa shape index (κ1) is 14.8. The fourth-order valence-corrected chi connectivity index (χ4v) is 2.95. The Hall–Kier alpha value is -1.62. The zero-order chi connectivity index (χ0) is 14.9. The second-order valence-corrected chi connectivity index (χ2v) is 6.24. The number of nitrogens with one attached hydrogen (secondary N) is 1. The van der Waals surface area contributed by atoms with Gasteiger partial charge >= 0.3 is 0 Å². The minimum atomic E-state index is 0.0409. The molecule has 1 N–H and O–H groups in total. The Labute approximate surface area is 123 Å². The Kier molecular flexibility index (Phi) is 4.28. The molecule has 0 aliphatic rings. The van der Waals surface area contributed by atoms with Crippen molar-refractivity contribution in [2.45, 2.75) is 39.7 Å². The van der Waals surface area contributed by atoms with E-state index in [9.17, 15) is 4.79 Å². The molecule has 0 saturated heterocycles. The Morgan fingerprint density at radius 1 is 1.25 bits per heavy atom. The molecule has 0 aliphatic carbocycles. The van der Waals surface area contributed by atoms with Gasteiger partial charge in [0.15, 0.2) is 5.13 Å². The van der Waals surface area contributed by atoms with Gasteiger partial charge in [-0.1, -0.05) is 13.8 Å². The molecular weight excluding hydrogens is 270 g/mol. The van der Waals surface area contributed by atoms with Crippen LogP contribution in [0.4, 0.5) is 5.13 Å². The van der Waals surface area contributed by atoms with Crippen molar-refractivity contribution in [1.29, 1.82) is 0 Å². The molecule has 0 atom stereocenters. The van der Waals surface area contributed by atoms with Crippen molar-refractivity contribution >= 4 is 16.5 Å². The molecular formula is C15H21N3OS. The van der Waals surface area contributed by atoms with Crippen LogP contribution in [0.3, 0.4) is 0 Å². The molecule has 0 saturated carbocycles. The molecule has 2 aromatic heterocycles. The van der Waals surface area contributed by atoms with Gasteiger partial charge in [-0.2, -0.15) is 0 Å². The summed E-state index contributed by atoms with van der Waals surface area (Å²) in [6.07, 6.45) is 0. The largest absolute Gasteiger partial charge is 0.365 e. The Bertz CT molecular complexity index is 655. The lowest BCUT2D eigenvalue weighted by atomic mass is 10.1. The van der Waals surface area contributed by atoms with Crippen molar-refractivity contribution in [2.24, 2.45) is 0 Å². The SMILES string of the molecule is CNc1nc(-c2ccc(C(C)C)n(C(C)C)c2=O)cs1. The molecule has 5 heteroatoms. The standard InChI is InChI=1S/C15H21N3OS/c1-9(2)13-7-6-11(14(19)18(13)10(3)4)12-8-20-15(16-5)17-12/h6-10H,1-5H3,(H,16,17). The molecule has 0 aliphatic heterocycles. The van der Waals surface area contributed by atoms with Gasteiger partial charge in [0.05, 0.1) is 11.3 Å². The predicted molar refractivity (Wildman–Crippen MR) is 85.8 cm³/mol. The molecule has 0 amide bonds. The van der Waals surface area contributed by atoms with E-state index >= 15 is 0 Å². The van der Waals surface area contributed by atoms with Crippen LogP contribution in [0.25, 0.3) is 11.3 Å². The summed E-state index contributed by atoms with van der Waals surface area (Å²) in [6, 6.07) is 4.08. The number of anilines is 1. The Balaban J connectivity index is 2.62. The number of hydrogen-bond acceptors (Lipinski definition) is 4. The summed E-state index contributed by atoms with van der Waals surface area (Å²) in [5.74, 6) is 0.322. The lowest BCUT2D eigenvalue weighted by Crippen LogP contribution is -2.27.